The van der Waals surface area contributed by atoms with Gasteiger partial charge in [0.05, 0.1) is 16.8 Å². The van der Waals surface area contributed by atoms with Crippen LogP contribution in [0.4, 0.5) is 30.7 Å². The summed E-state index contributed by atoms with van der Waals surface area (Å²) in [6, 6.07) is 4.30. The second kappa shape index (κ2) is 8.43. The predicted molar refractivity (Wildman–Crippen MR) is 106 cm³/mol. The Bertz CT molecular complexity index is 1380. The second-order valence-electron chi connectivity index (χ2n) is 7.27. The number of halogens is 7. The molecule has 3 aromatic rings. The van der Waals surface area contributed by atoms with Gasteiger partial charge in [-0.05, 0) is 30.7 Å². The van der Waals surface area contributed by atoms with Crippen LogP contribution in [-0.2, 0) is 28.7 Å². The van der Waals surface area contributed by atoms with E-state index in [0.29, 0.717) is 18.2 Å². The molecule has 0 bridgehead atoms. The fourth-order valence-electron chi connectivity index (χ4n) is 3.29. The van der Waals surface area contributed by atoms with E-state index in [-0.39, 0.29) is 29.6 Å². The van der Waals surface area contributed by atoms with E-state index < -0.39 is 55.8 Å². The summed E-state index contributed by atoms with van der Waals surface area (Å²) in [4.78, 5) is 12.9. The molecule has 0 aliphatic rings. The molecule has 13 heteroatoms. The standard InChI is InChI=1S/C20H15F7N2O3S/c1-33(31,32)9-3-8-29-15-10-11(19(22,23)24)6-7-12(15)18(30)17(28-29)13-4-2-5-14(21)16(13)20(25,26)27/h2,4-7,10H,3,8-9H2,1H3. The van der Waals surface area contributed by atoms with Crippen molar-refractivity contribution in [3.8, 4) is 11.3 Å². The van der Waals surface area contributed by atoms with Crippen LogP contribution in [0.5, 0.6) is 0 Å². The van der Waals surface area contributed by atoms with Gasteiger partial charge in [-0.2, -0.15) is 31.4 Å². The molecule has 0 aliphatic carbocycles. The lowest BCUT2D eigenvalue weighted by Crippen LogP contribution is -2.21. The summed E-state index contributed by atoms with van der Waals surface area (Å²) in [6.45, 7) is -0.325. The van der Waals surface area contributed by atoms with Gasteiger partial charge in [-0.15, -0.1) is 0 Å². The molecule has 0 saturated heterocycles. The van der Waals surface area contributed by atoms with Crippen LogP contribution in [0.1, 0.15) is 17.5 Å². The Morgan fingerprint density at radius 2 is 1.67 bits per heavy atom. The maximum Gasteiger partial charge on any atom is 0.419 e. The fraction of sp³-hybridized carbons (Fsp3) is 0.300. The molecular weight excluding hydrogens is 481 g/mol. The van der Waals surface area contributed by atoms with Gasteiger partial charge in [-0.25, -0.2) is 12.8 Å². The summed E-state index contributed by atoms with van der Waals surface area (Å²) < 4.78 is 118. The van der Waals surface area contributed by atoms with Crippen molar-refractivity contribution in [2.45, 2.75) is 25.3 Å². The number of aromatic nitrogens is 2. The number of aryl methyl sites for hydroxylation is 1. The average molecular weight is 496 g/mol. The molecule has 0 N–H and O–H groups in total. The maximum absolute atomic E-state index is 14.0. The van der Waals surface area contributed by atoms with Crippen molar-refractivity contribution >= 4 is 20.7 Å². The predicted octanol–water partition coefficient (Wildman–Crippen LogP) is 4.67. The van der Waals surface area contributed by atoms with Gasteiger partial charge in [0.1, 0.15) is 26.9 Å². The smallest absolute Gasteiger partial charge is 0.287 e. The van der Waals surface area contributed by atoms with Gasteiger partial charge in [0, 0.05) is 23.8 Å². The van der Waals surface area contributed by atoms with Crippen LogP contribution in [0.25, 0.3) is 22.2 Å². The number of benzene rings is 2. The van der Waals surface area contributed by atoms with Gasteiger partial charge in [0.25, 0.3) is 0 Å². The van der Waals surface area contributed by atoms with Gasteiger partial charge in [0.15, 0.2) is 0 Å². The molecule has 0 saturated carbocycles. The van der Waals surface area contributed by atoms with E-state index in [2.05, 4.69) is 5.10 Å². The number of rotatable bonds is 5. The van der Waals surface area contributed by atoms with Crippen LogP contribution in [-0.4, -0.2) is 30.2 Å². The van der Waals surface area contributed by atoms with Gasteiger partial charge in [-0.1, -0.05) is 12.1 Å². The molecule has 0 atom stereocenters. The topological polar surface area (TPSA) is 69.0 Å². The molecule has 2 aromatic carbocycles. The van der Waals surface area contributed by atoms with Gasteiger partial charge < -0.3 is 0 Å². The van der Waals surface area contributed by atoms with Crippen LogP contribution in [0, 0.1) is 5.82 Å². The van der Waals surface area contributed by atoms with E-state index >= 15 is 0 Å². The Kier molecular flexibility index (Phi) is 6.30. The SMILES string of the molecule is CS(=O)(=O)CCCn1nc(-c2cccc(F)c2C(F)(F)F)c(=O)c2ccc(C(F)(F)F)cc21. The Hall–Kier alpha value is -2.96. The number of sulfone groups is 1. The van der Waals surface area contributed by atoms with Crippen molar-refractivity contribution in [1.29, 1.82) is 0 Å². The molecule has 3 rings (SSSR count). The first-order valence-electron chi connectivity index (χ1n) is 9.25. The Morgan fingerprint density at radius 3 is 2.24 bits per heavy atom. The van der Waals surface area contributed by atoms with Crippen LogP contribution in [0.15, 0.2) is 41.2 Å². The minimum atomic E-state index is -5.19. The van der Waals surface area contributed by atoms with Crippen molar-refractivity contribution in [3.63, 3.8) is 0 Å². The van der Waals surface area contributed by atoms with E-state index in [9.17, 15) is 43.9 Å². The summed E-state index contributed by atoms with van der Waals surface area (Å²) in [5, 5.41) is 3.42. The monoisotopic (exact) mass is 496 g/mol. The molecule has 1 heterocycles. The molecule has 0 spiro atoms. The Balaban J connectivity index is 2.32. The Labute approximate surface area is 182 Å². The van der Waals surface area contributed by atoms with Crippen LogP contribution in [0.3, 0.4) is 0 Å². The second-order valence-corrected chi connectivity index (χ2v) is 9.53. The molecule has 0 fully saturated rings. The first-order chi connectivity index (χ1) is 15.1. The van der Waals surface area contributed by atoms with Crippen molar-refractivity contribution in [1.82, 2.24) is 9.78 Å². The van der Waals surface area contributed by atoms with Gasteiger partial charge in [-0.3, -0.25) is 9.48 Å². The molecule has 0 radical (unpaired) electrons. The quantitative estimate of drug-likeness (QED) is 0.482. The largest absolute Gasteiger partial charge is 0.419 e. The maximum atomic E-state index is 14.0. The van der Waals surface area contributed by atoms with E-state index in [1.165, 1.54) is 0 Å². The molecule has 0 unspecified atom stereocenters. The molecule has 0 amide bonds. The summed E-state index contributed by atoms with van der Waals surface area (Å²) >= 11 is 0. The summed E-state index contributed by atoms with van der Waals surface area (Å²) in [6.07, 6.45) is -9.19. The molecule has 178 valence electrons. The highest BCUT2D eigenvalue weighted by Gasteiger charge is 2.38. The van der Waals surface area contributed by atoms with E-state index in [4.69, 9.17) is 0 Å². The zero-order valence-corrected chi connectivity index (χ0v) is 17.6. The minimum Gasteiger partial charge on any atom is -0.287 e. The third-order valence-corrected chi connectivity index (χ3v) is 5.75. The molecule has 1 aromatic heterocycles. The van der Waals surface area contributed by atoms with Crippen molar-refractivity contribution in [2.24, 2.45) is 0 Å². The lowest BCUT2D eigenvalue weighted by molar-refractivity contribution is -0.139. The first-order valence-corrected chi connectivity index (χ1v) is 11.3. The highest BCUT2D eigenvalue weighted by Crippen LogP contribution is 2.38. The number of hydrogen-bond donors (Lipinski definition) is 0. The average Bonchev–Trinajstić information content (AvgIpc) is 2.66. The normalized spacial score (nSPS) is 13.0. The zero-order valence-electron chi connectivity index (χ0n) is 16.8. The molecule has 33 heavy (non-hydrogen) atoms. The van der Waals surface area contributed by atoms with Crippen LogP contribution < -0.4 is 5.43 Å². The highest BCUT2D eigenvalue weighted by atomic mass is 32.2. The van der Waals surface area contributed by atoms with E-state index in [0.717, 1.165) is 29.1 Å². The summed E-state index contributed by atoms with van der Waals surface area (Å²) in [5.41, 5.74) is -6.07. The molecular formula is C20H15F7N2O3S. The lowest BCUT2D eigenvalue weighted by Gasteiger charge is -2.17. The third-order valence-electron chi connectivity index (χ3n) is 4.72. The third kappa shape index (κ3) is 5.34. The van der Waals surface area contributed by atoms with Crippen molar-refractivity contribution < 1.29 is 39.2 Å². The molecule has 5 nitrogen and oxygen atoms in total. The van der Waals surface area contributed by atoms with Gasteiger partial charge in [0.2, 0.25) is 5.43 Å². The van der Waals surface area contributed by atoms with E-state index in [1.807, 2.05) is 0 Å². The first kappa shape index (κ1) is 24.7. The summed E-state index contributed by atoms with van der Waals surface area (Å²) in [5.74, 6) is -2.04. The highest BCUT2D eigenvalue weighted by molar-refractivity contribution is 7.90. The number of nitrogens with zero attached hydrogens (tertiary/aromatic N) is 2. The number of hydrogen-bond acceptors (Lipinski definition) is 4. The van der Waals surface area contributed by atoms with E-state index in [1.54, 1.807) is 0 Å². The van der Waals surface area contributed by atoms with Crippen LogP contribution >= 0.6 is 0 Å². The van der Waals surface area contributed by atoms with Crippen molar-refractivity contribution in [2.75, 3.05) is 12.0 Å². The van der Waals surface area contributed by atoms with Crippen molar-refractivity contribution in [3.05, 3.63) is 63.6 Å². The minimum absolute atomic E-state index is 0.144. The number of alkyl halides is 6. The zero-order chi connectivity index (χ0) is 24.8. The van der Waals surface area contributed by atoms with Gasteiger partial charge >= 0.3 is 12.4 Å². The fourth-order valence-corrected chi connectivity index (χ4v) is 3.95. The lowest BCUT2D eigenvalue weighted by atomic mass is 10.0. The van der Waals surface area contributed by atoms with Crippen LogP contribution in [0.2, 0.25) is 0 Å². The Morgan fingerprint density at radius 1 is 1.00 bits per heavy atom. The molecule has 0 aliphatic heterocycles. The summed E-state index contributed by atoms with van der Waals surface area (Å²) in [7, 11) is -3.46. The number of fused-ring (bicyclic) bond motifs is 1.